The lowest BCUT2D eigenvalue weighted by molar-refractivity contribution is -0.132. The lowest BCUT2D eigenvalue weighted by atomic mass is 10.1. The first-order valence-electron chi connectivity index (χ1n) is 13.3. The second-order valence-electron chi connectivity index (χ2n) is 9.46. The molecule has 0 aromatic carbocycles. The summed E-state index contributed by atoms with van der Waals surface area (Å²) in [5, 5.41) is 4.50. The van der Waals surface area contributed by atoms with Crippen LogP contribution in [0, 0.1) is 6.92 Å². The van der Waals surface area contributed by atoms with Gasteiger partial charge in [-0.1, -0.05) is 33.3 Å². The molecule has 11 nitrogen and oxygen atoms in total. The molecule has 3 aromatic heterocycles. The maximum atomic E-state index is 12.7. The number of nitrogen functional groups attached to an aromatic ring is 1. The van der Waals surface area contributed by atoms with Gasteiger partial charge in [0.15, 0.2) is 11.5 Å². The smallest absolute Gasteiger partial charge is 0.336 e. The Kier molecular flexibility index (Phi) is 8.75. The number of carbonyl (C=O) groups is 1. The summed E-state index contributed by atoms with van der Waals surface area (Å²) >= 11 is 0. The number of unbranched alkanes of at least 4 members (excludes halogenated alkanes) is 1. The van der Waals surface area contributed by atoms with Crippen molar-refractivity contribution in [1.82, 2.24) is 34.4 Å². The van der Waals surface area contributed by atoms with Gasteiger partial charge < -0.3 is 20.3 Å². The van der Waals surface area contributed by atoms with Crippen LogP contribution >= 0.6 is 0 Å². The van der Waals surface area contributed by atoms with Crippen LogP contribution in [0.2, 0.25) is 0 Å². The fraction of sp³-hybridized carbons (Fsp3) is 0.577. The number of nitrogens with zero attached hydrogens (tertiary/aromatic N) is 8. The molecular weight excluding hydrogens is 470 g/mol. The van der Waals surface area contributed by atoms with Crippen molar-refractivity contribution in [2.24, 2.45) is 0 Å². The third-order valence-electron chi connectivity index (χ3n) is 6.85. The molecule has 1 amide bonds. The van der Waals surface area contributed by atoms with Crippen molar-refractivity contribution >= 4 is 23.2 Å². The number of carbonyl (C=O) groups excluding carboxylic acids is 1. The molecule has 1 aliphatic heterocycles. The van der Waals surface area contributed by atoms with Gasteiger partial charge >= 0.3 is 6.01 Å². The van der Waals surface area contributed by atoms with E-state index in [4.69, 9.17) is 15.5 Å². The molecule has 1 fully saturated rings. The minimum absolute atomic E-state index is 0.208. The average Bonchev–Trinajstić information content (AvgIpc) is 3.30. The number of aryl methyl sites for hydroxylation is 1. The van der Waals surface area contributed by atoms with Crippen molar-refractivity contribution in [3.63, 3.8) is 0 Å². The normalized spacial score (nSPS) is 14.1. The van der Waals surface area contributed by atoms with E-state index in [-0.39, 0.29) is 11.9 Å². The highest BCUT2D eigenvalue weighted by atomic mass is 16.5. The van der Waals surface area contributed by atoms with Gasteiger partial charge in [-0.25, -0.2) is 14.5 Å². The minimum Gasteiger partial charge on any atom is -0.462 e. The number of nitrogens with two attached hydrogens (primary N) is 1. The molecule has 0 spiro atoms. The maximum absolute atomic E-state index is 12.7. The molecule has 1 saturated heterocycles. The third-order valence-corrected chi connectivity index (χ3v) is 6.85. The van der Waals surface area contributed by atoms with Gasteiger partial charge in [-0.05, 0) is 37.6 Å². The lowest BCUT2D eigenvalue weighted by Crippen LogP contribution is -2.51. The molecule has 3 aromatic rings. The number of anilines is 2. The number of pyridine rings is 1. The zero-order chi connectivity index (χ0) is 26.4. The van der Waals surface area contributed by atoms with Crippen molar-refractivity contribution in [2.45, 2.75) is 47.0 Å². The Morgan fingerprint density at radius 1 is 1.11 bits per heavy atom. The lowest BCUT2D eigenvalue weighted by Gasteiger charge is -2.36. The molecule has 0 saturated carbocycles. The van der Waals surface area contributed by atoms with Crippen molar-refractivity contribution in [3.8, 4) is 6.01 Å². The summed E-state index contributed by atoms with van der Waals surface area (Å²) in [6.07, 6.45) is 6.24. The SMILES string of the molecule is CCCCOc1nc(N)c2ncc(Cc3cnc(N4CCN(C(=O)CN(CC)CC)CC4)c(C)c3)n2n1. The van der Waals surface area contributed by atoms with E-state index < -0.39 is 0 Å². The van der Waals surface area contributed by atoms with Gasteiger partial charge in [0, 0.05) is 38.8 Å². The molecule has 37 heavy (non-hydrogen) atoms. The van der Waals surface area contributed by atoms with Crippen LogP contribution in [0.1, 0.15) is 50.4 Å². The van der Waals surface area contributed by atoms with Crippen LogP contribution in [0.25, 0.3) is 5.65 Å². The first-order valence-corrected chi connectivity index (χ1v) is 13.3. The number of likely N-dealkylation sites (N-methyl/N-ethyl adjacent to an activating group) is 1. The summed E-state index contributed by atoms with van der Waals surface area (Å²) in [5.74, 6) is 1.47. The van der Waals surface area contributed by atoms with Gasteiger partial charge in [-0.15, -0.1) is 5.10 Å². The van der Waals surface area contributed by atoms with E-state index in [0.717, 1.165) is 61.7 Å². The predicted molar refractivity (Wildman–Crippen MR) is 144 cm³/mol. The molecule has 11 heteroatoms. The number of ether oxygens (including phenoxy) is 1. The van der Waals surface area contributed by atoms with Crippen molar-refractivity contribution < 1.29 is 9.53 Å². The molecule has 0 radical (unpaired) electrons. The van der Waals surface area contributed by atoms with Crippen LogP contribution in [-0.2, 0) is 11.2 Å². The monoisotopic (exact) mass is 509 g/mol. The third kappa shape index (κ3) is 6.27. The molecular formula is C26H39N9O2. The number of fused-ring (bicyclic) bond motifs is 1. The van der Waals surface area contributed by atoms with E-state index in [9.17, 15) is 4.79 Å². The van der Waals surface area contributed by atoms with Gasteiger partial charge in [-0.2, -0.15) is 4.98 Å². The summed E-state index contributed by atoms with van der Waals surface area (Å²) < 4.78 is 7.38. The Morgan fingerprint density at radius 3 is 2.54 bits per heavy atom. The van der Waals surface area contributed by atoms with Crippen molar-refractivity contribution in [3.05, 3.63) is 35.3 Å². The number of piperazine rings is 1. The average molecular weight is 510 g/mol. The van der Waals surface area contributed by atoms with E-state index >= 15 is 0 Å². The van der Waals surface area contributed by atoms with Crippen LogP contribution in [0.5, 0.6) is 6.01 Å². The fourth-order valence-electron chi connectivity index (χ4n) is 4.59. The molecule has 0 aliphatic carbocycles. The van der Waals surface area contributed by atoms with Gasteiger partial charge in [0.1, 0.15) is 5.82 Å². The number of hydrogen-bond acceptors (Lipinski definition) is 9. The van der Waals surface area contributed by atoms with Crippen LogP contribution in [0.15, 0.2) is 18.5 Å². The zero-order valence-electron chi connectivity index (χ0n) is 22.5. The Morgan fingerprint density at radius 2 is 1.86 bits per heavy atom. The molecule has 0 unspecified atom stereocenters. The summed E-state index contributed by atoms with van der Waals surface area (Å²) in [4.78, 5) is 32.5. The number of imidazole rings is 1. The van der Waals surface area contributed by atoms with Crippen LogP contribution in [0.4, 0.5) is 11.6 Å². The quantitative estimate of drug-likeness (QED) is 0.388. The molecule has 0 atom stereocenters. The fourth-order valence-corrected chi connectivity index (χ4v) is 4.59. The van der Waals surface area contributed by atoms with Gasteiger partial charge in [0.2, 0.25) is 5.91 Å². The van der Waals surface area contributed by atoms with Crippen LogP contribution in [-0.4, -0.2) is 92.7 Å². The number of aromatic nitrogens is 5. The van der Waals surface area contributed by atoms with Gasteiger partial charge in [-0.3, -0.25) is 9.69 Å². The number of amides is 1. The largest absolute Gasteiger partial charge is 0.462 e. The number of rotatable bonds is 11. The molecule has 1 aliphatic rings. The highest BCUT2D eigenvalue weighted by molar-refractivity contribution is 5.78. The molecule has 4 rings (SSSR count). The summed E-state index contributed by atoms with van der Waals surface area (Å²) in [6, 6.07) is 2.42. The number of hydrogen-bond donors (Lipinski definition) is 1. The zero-order valence-corrected chi connectivity index (χ0v) is 22.5. The summed E-state index contributed by atoms with van der Waals surface area (Å²) in [6.45, 7) is 14.2. The van der Waals surface area contributed by atoms with E-state index in [0.29, 0.717) is 44.1 Å². The Balaban J connectivity index is 1.41. The van der Waals surface area contributed by atoms with Crippen LogP contribution < -0.4 is 15.4 Å². The second-order valence-corrected chi connectivity index (χ2v) is 9.46. The van der Waals surface area contributed by atoms with Crippen molar-refractivity contribution in [2.75, 3.05) is 63.1 Å². The van der Waals surface area contributed by atoms with Crippen LogP contribution in [0.3, 0.4) is 0 Å². The van der Waals surface area contributed by atoms with E-state index in [1.54, 1.807) is 10.7 Å². The topological polar surface area (TPSA) is 118 Å². The molecule has 0 bridgehead atoms. The Labute approximate surface area is 218 Å². The van der Waals surface area contributed by atoms with E-state index in [2.05, 4.69) is 58.6 Å². The minimum atomic E-state index is 0.208. The first kappa shape index (κ1) is 26.6. The highest BCUT2D eigenvalue weighted by Gasteiger charge is 2.24. The molecule has 200 valence electrons. The Bertz CT molecular complexity index is 1200. The molecule has 2 N–H and O–H groups in total. The van der Waals surface area contributed by atoms with E-state index in [1.807, 2.05) is 11.1 Å². The Hall–Kier alpha value is -3.47. The standard InChI is InChI=1S/C26H39N9O2/c1-5-8-13-37-26-30-23(27)25-29-17-21(35(25)31-26)15-20-14-19(4)24(28-16-20)34-11-9-33(10-12-34)22(36)18-32(6-2)7-3/h14,16-17H,5-13,15,18H2,1-4H3,(H2,27,30,31). The summed E-state index contributed by atoms with van der Waals surface area (Å²) in [7, 11) is 0. The van der Waals surface area contributed by atoms with Crippen molar-refractivity contribution in [1.29, 1.82) is 0 Å². The predicted octanol–water partition coefficient (Wildman–Crippen LogP) is 2.17. The van der Waals surface area contributed by atoms with Gasteiger partial charge in [0.25, 0.3) is 0 Å². The first-order chi connectivity index (χ1) is 17.9. The molecule has 4 heterocycles. The van der Waals surface area contributed by atoms with E-state index in [1.165, 1.54) is 0 Å². The highest BCUT2D eigenvalue weighted by Crippen LogP contribution is 2.22. The second kappa shape index (κ2) is 12.2. The maximum Gasteiger partial charge on any atom is 0.336 e. The van der Waals surface area contributed by atoms with Gasteiger partial charge in [0.05, 0.1) is 25.0 Å². The summed E-state index contributed by atoms with van der Waals surface area (Å²) in [5.41, 5.74) is 9.67.